The zero-order chi connectivity index (χ0) is 9.47. The quantitative estimate of drug-likeness (QED) is 0.586. The Morgan fingerprint density at radius 1 is 1.46 bits per heavy atom. The third kappa shape index (κ3) is 1.24. The van der Waals surface area contributed by atoms with Crippen LogP contribution in [0, 0.1) is 0 Å². The summed E-state index contributed by atoms with van der Waals surface area (Å²) in [7, 11) is -3.42. The highest BCUT2D eigenvalue weighted by molar-refractivity contribution is 7.89. The average molecular weight is 199 g/mol. The van der Waals surface area contributed by atoms with Crippen molar-refractivity contribution in [2.45, 2.75) is 0 Å². The van der Waals surface area contributed by atoms with E-state index in [4.69, 9.17) is 0 Å². The monoisotopic (exact) mass is 199 g/mol. The lowest BCUT2D eigenvalue weighted by Crippen LogP contribution is -2.11. The smallest absolute Gasteiger partial charge is 0.242 e. The number of hydrogen-bond acceptors (Lipinski definition) is 6. The molecule has 0 unspecified atom stereocenters. The first-order chi connectivity index (χ1) is 6.09. The minimum absolute atomic E-state index is 0.264. The summed E-state index contributed by atoms with van der Waals surface area (Å²) in [6, 6.07) is 0. The van der Waals surface area contributed by atoms with Crippen LogP contribution in [0.2, 0.25) is 0 Å². The maximum absolute atomic E-state index is 11.1. The molecular formula is C5H5N5O2S. The van der Waals surface area contributed by atoms with Crippen molar-refractivity contribution in [1.82, 2.24) is 24.4 Å². The van der Waals surface area contributed by atoms with Gasteiger partial charge in [0.15, 0.2) is 0 Å². The lowest BCUT2D eigenvalue weighted by atomic mass is 10.6. The van der Waals surface area contributed by atoms with Gasteiger partial charge in [-0.05, 0) is 5.21 Å². The lowest BCUT2D eigenvalue weighted by Gasteiger charge is -1.94. The zero-order valence-electron chi connectivity index (χ0n) is 6.62. The summed E-state index contributed by atoms with van der Waals surface area (Å²) in [6.45, 7) is 0. The number of rotatable bonds is 1. The third-order valence-corrected chi connectivity index (χ3v) is 2.31. The molecular weight excluding hydrogens is 194 g/mol. The molecule has 0 bridgehead atoms. The summed E-state index contributed by atoms with van der Waals surface area (Å²) in [5.41, 5.74) is 0.547. The second kappa shape index (κ2) is 2.46. The molecule has 0 amide bonds. The topological polar surface area (TPSA) is 90.6 Å². The van der Waals surface area contributed by atoms with E-state index in [2.05, 4.69) is 20.3 Å². The highest BCUT2D eigenvalue weighted by atomic mass is 32.2. The van der Waals surface area contributed by atoms with Crippen molar-refractivity contribution in [2.75, 3.05) is 6.26 Å². The molecule has 2 aromatic heterocycles. The summed E-state index contributed by atoms with van der Waals surface area (Å²) in [5.74, 6) is 0. The Kier molecular flexibility index (Phi) is 1.52. The predicted octanol–water partition coefficient (Wildman–Crippen LogP) is -0.971. The Bertz CT molecular complexity index is 545. The fraction of sp³-hybridized carbons (Fsp3) is 0.200. The van der Waals surface area contributed by atoms with Crippen molar-refractivity contribution in [3.63, 3.8) is 0 Å². The molecule has 0 spiro atoms. The van der Waals surface area contributed by atoms with Crippen molar-refractivity contribution < 1.29 is 8.42 Å². The van der Waals surface area contributed by atoms with Gasteiger partial charge in [0.2, 0.25) is 5.65 Å². The lowest BCUT2D eigenvalue weighted by molar-refractivity contribution is 0.585. The van der Waals surface area contributed by atoms with E-state index >= 15 is 0 Å². The minimum Gasteiger partial charge on any atom is -0.242 e. The molecule has 2 heterocycles. The fourth-order valence-electron chi connectivity index (χ4n) is 0.904. The van der Waals surface area contributed by atoms with Gasteiger partial charge in [0, 0.05) is 0 Å². The molecule has 7 nitrogen and oxygen atoms in total. The number of aromatic nitrogens is 5. The van der Waals surface area contributed by atoms with Crippen LogP contribution < -0.4 is 0 Å². The fourth-order valence-corrected chi connectivity index (χ4v) is 1.56. The van der Waals surface area contributed by atoms with Gasteiger partial charge in [0.1, 0.15) is 11.8 Å². The first kappa shape index (κ1) is 8.05. The largest absolute Gasteiger partial charge is 0.252 e. The van der Waals surface area contributed by atoms with Gasteiger partial charge in [-0.2, -0.15) is 0 Å². The van der Waals surface area contributed by atoms with Gasteiger partial charge in [-0.25, -0.2) is 18.4 Å². The van der Waals surface area contributed by atoms with E-state index in [0.717, 1.165) is 10.3 Å². The molecule has 0 saturated carbocycles. The van der Waals surface area contributed by atoms with Crippen molar-refractivity contribution in [1.29, 1.82) is 0 Å². The molecule has 0 saturated heterocycles. The van der Waals surface area contributed by atoms with E-state index in [-0.39, 0.29) is 11.2 Å². The molecule has 8 heteroatoms. The maximum atomic E-state index is 11.1. The summed E-state index contributed by atoms with van der Waals surface area (Å²) >= 11 is 0. The number of fused-ring (bicyclic) bond motifs is 1. The second-order valence-electron chi connectivity index (χ2n) is 2.43. The van der Waals surface area contributed by atoms with E-state index in [1.54, 1.807) is 0 Å². The van der Waals surface area contributed by atoms with Crippen LogP contribution in [-0.2, 0) is 10.0 Å². The van der Waals surface area contributed by atoms with E-state index in [1.807, 2.05) is 0 Å². The summed E-state index contributed by atoms with van der Waals surface area (Å²) in [6.07, 6.45) is 3.67. The molecule has 0 atom stereocenters. The van der Waals surface area contributed by atoms with Crippen molar-refractivity contribution >= 4 is 21.2 Å². The van der Waals surface area contributed by atoms with Gasteiger partial charge in [0.05, 0.1) is 12.5 Å². The van der Waals surface area contributed by atoms with Crippen LogP contribution in [-0.4, -0.2) is 39.0 Å². The molecule has 0 fully saturated rings. The Morgan fingerprint density at radius 2 is 2.23 bits per heavy atom. The first-order valence-electron chi connectivity index (χ1n) is 3.31. The van der Waals surface area contributed by atoms with Gasteiger partial charge in [-0.15, -0.1) is 9.19 Å². The molecule has 0 N–H and O–H groups in total. The summed E-state index contributed by atoms with van der Waals surface area (Å²) in [5, 5.41) is 7.01. The van der Waals surface area contributed by atoms with Crippen LogP contribution in [0.25, 0.3) is 11.2 Å². The molecule has 0 aliphatic carbocycles. The van der Waals surface area contributed by atoms with E-state index in [9.17, 15) is 8.42 Å². The molecule has 2 aromatic rings. The molecule has 13 heavy (non-hydrogen) atoms. The Hall–Kier alpha value is -1.57. The van der Waals surface area contributed by atoms with E-state index in [1.165, 1.54) is 12.5 Å². The maximum Gasteiger partial charge on any atom is 0.252 e. The van der Waals surface area contributed by atoms with Crippen LogP contribution in [0.1, 0.15) is 0 Å². The zero-order valence-corrected chi connectivity index (χ0v) is 7.43. The van der Waals surface area contributed by atoms with E-state index < -0.39 is 10.0 Å². The van der Waals surface area contributed by atoms with Crippen molar-refractivity contribution in [3.8, 4) is 0 Å². The van der Waals surface area contributed by atoms with Crippen LogP contribution in [0.15, 0.2) is 12.5 Å². The third-order valence-electron chi connectivity index (χ3n) is 1.41. The Balaban J connectivity index is 2.87. The highest BCUT2D eigenvalue weighted by Crippen LogP contribution is 2.06. The molecule has 0 aromatic carbocycles. The molecule has 0 aliphatic rings. The van der Waals surface area contributed by atoms with Gasteiger partial charge in [-0.1, -0.05) is 0 Å². The van der Waals surface area contributed by atoms with Gasteiger partial charge in [0.25, 0.3) is 10.0 Å². The minimum atomic E-state index is -3.42. The van der Waals surface area contributed by atoms with Crippen LogP contribution in [0.5, 0.6) is 0 Å². The summed E-state index contributed by atoms with van der Waals surface area (Å²) < 4.78 is 23.0. The molecule has 68 valence electrons. The van der Waals surface area contributed by atoms with Gasteiger partial charge < -0.3 is 0 Å². The van der Waals surface area contributed by atoms with E-state index in [0.29, 0.717) is 0 Å². The average Bonchev–Trinajstić information content (AvgIpc) is 2.45. The molecule has 0 aliphatic heterocycles. The summed E-state index contributed by atoms with van der Waals surface area (Å²) in [4.78, 5) is 7.43. The van der Waals surface area contributed by atoms with Crippen molar-refractivity contribution in [3.05, 3.63) is 12.5 Å². The predicted molar refractivity (Wildman–Crippen MR) is 43.4 cm³/mol. The number of nitrogens with zero attached hydrogens (tertiary/aromatic N) is 5. The Morgan fingerprint density at radius 3 is 2.92 bits per heavy atom. The van der Waals surface area contributed by atoms with Gasteiger partial charge in [-0.3, -0.25) is 0 Å². The standard InChI is InChI=1S/C5H5N5O2S/c1-13(11,12)10-4-2-6-3-7-5(4)8-9-10/h2-3H,1H3. The Labute approximate surface area is 73.5 Å². The normalized spacial score (nSPS) is 12.1. The van der Waals surface area contributed by atoms with Gasteiger partial charge >= 0.3 is 0 Å². The van der Waals surface area contributed by atoms with Crippen LogP contribution >= 0.6 is 0 Å². The molecule has 2 rings (SSSR count). The highest BCUT2D eigenvalue weighted by Gasteiger charge is 2.12. The second-order valence-corrected chi connectivity index (χ2v) is 4.24. The van der Waals surface area contributed by atoms with Crippen LogP contribution in [0.3, 0.4) is 0 Å². The van der Waals surface area contributed by atoms with Crippen molar-refractivity contribution in [2.24, 2.45) is 0 Å². The molecule has 0 radical (unpaired) electrons. The number of hydrogen-bond donors (Lipinski definition) is 0. The first-order valence-corrected chi connectivity index (χ1v) is 5.16. The SMILES string of the molecule is CS(=O)(=O)n1nnc2ncncc21. The van der Waals surface area contributed by atoms with Crippen LogP contribution in [0.4, 0.5) is 0 Å².